The van der Waals surface area contributed by atoms with Gasteiger partial charge >= 0.3 is 6.18 Å². The van der Waals surface area contributed by atoms with Gasteiger partial charge in [-0.2, -0.15) is 18.2 Å². The van der Waals surface area contributed by atoms with Gasteiger partial charge in [-0.1, -0.05) is 42.5 Å². The molecule has 0 bridgehead atoms. The fraction of sp³-hybridized carbons (Fsp3) is 0.167. The molecule has 134 valence electrons. The maximum absolute atomic E-state index is 12.6. The molecule has 1 atom stereocenters. The van der Waals surface area contributed by atoms with Crippen molar-refractivity contribution < 1.29 is 18.3 Å². The monoisotopic (exact) mass is 360 g/mol. The van der Waals surface area contributed by atoms with Gasteiger partial charge < -0.3 is 10.4 Å². The minimum Gasteiger partial charge on any atom is -0.387 e. The topological polar surface area (TPSA) is 70.9 Å². The van der Waals surface area contributed by atoms with Crippen molar-refractivity contribution in [1.29, 1.82) is 0 Å². The van der Waals surface area contributed by atoms with Crippen LogP contribution in [0, 0.1) is 0 Å². The van der Waals surface area contributed by atoms with E-state index < -0.39 is 17.8 Å². The number of aromatic nitrogens is 3. The Morgan fingerprint density at radius 3 is 2.31 bits per heavy atom. The number of halogens is 3. The molecular weight excluding hydrogens is 345 g/mol. The summed E-state index contributed by atoms with van der Waals surface area (Å²) in [4.78, 5) is 12.1. The first kappa shape index (κ1) is 17.8. The summed E-state index contributed by atoms with van der Waals surface area (Å²) in [6.07, 6.45) is -3.88. The van der Waals surface area contributed by atoms with Crippen LogP contribution in [0.15, 0.2) is 60.9 Å². The van der Waals surface area contributed by atoms with E-state index in [-0.39, 0.29) is 18.3 Å². The zero-order chi connectivity index (χ0) is 18.6. The highest BCUT2D eigenvalue weighted by atomic mass is 19.4. The van der Waals surface area contributed by atoms with Crippen molar-refractivity contribution in [3.63, 3.8) is 0 Å². The summed E-state index contributed by atoms with van der Waals surface area (Å²) in [6.45, 7) is 0.181. The lowest BCUT2D eigenvalue weighted by atomic mass is 10.1. The second kappa shape index (κ2) is 7.49. The number of hydrogen-bond donors (Lipinski definition) is 2. The summed E-state index contributed by atoms with van der Waals surface area (Å²) < 4.78 is 37.9. The second-order valence-corrected chi connectivity index (χ2v) is 5.52. The van der Waals surface area contributed by atoms with Crippen LogP contribution in [0.3, 0.4) is 0 Å². The minimum absolute atomic E-state index is 0.181. The van der Waals surface area contributed by atoms with Crippen LogP contribution in [0.5, 0.6) is 0 Å². The standard InChI is InChI=1S/C18H15F3N4O/c19-18(20,21)14-8-6-13(7-9-14)16-23-11-24-17(25-16)22-10-15(26)12-4-2-1-3-5-12/h1-9,11,15,26H,10H2,(H,22,23,24,25)/t15-/m0/s1. The molecule has 0 aliphatic heterocycles. The summed E-state index contributed by atoms with van der Waals surface area (Å²) in [5, 5.41) is 13.0. The Morgan fingerprint density at radius 1 is 0.962 bits per heavy atom. The van der Waals surface area contributed by atoms with Gasteiger partial charge in [0.2, 0.25) is 5.95 Å². The second-order valence-electron chi connectivity index (χ2n) is 5.52. The Bertz CT molecular complexity index is 854. The van der Waals surface area contributed by atoms with E-state index in [1.54, 1.807) is 12.1 Å². The minimum atomic E-state index is -4.39. The van der Waals surface area contributed by atoms with Crippen molar-refractivity contribution in [2.24, 2.45) is 0 Å². The Hall–Kier alpha value is -3.00. The first-order valence-corrected chi connectivity index (χ1v) is 7.77. The highest BCUT2D eigenvalue weighted by molar-refractivity contribution is 5.56. The molecule has 0 saturated carbocycles. The third kappa shape index (κ3) is 4.34. The van der Waals surface area contributed by atoms with Gasteiger partial charge in [0.15, 0.2) is 5.82 Å². The highest BCUT2D eigenvalue weighted by Crippen LogP contribution is 2.30. The molecule has 0 unspecified atom stereocenters. The number of aliphatic hydroxyl groups is 1. The number of rotatable bonds is 5. The SMILES string of the molecule is O[C@@H](CNc1ncnc(-c2ccc(C(F)(F)F)cc2)n1)c1ccccc1. The van der Waals surface area contributed by atoms with Crippen LogP contribution in [0.25, 0.3) is 11.4 Å². The number of alkyl halides is 3. The normalized spacial score (nSPS) is 12.6. The number of nitrogens with one attached hydrogen (secondary N) is 1. The molecule has 3 aromatic rings. The Morgan fingerprint density at radius 2 is 1.65 bits per heavy atom. The van der Waals surface area contributed by atoms with Gasteiger partial charge in [0, 0.05) is 12.1 Å². The smallest absolute Gasteiger partial charge is 0.387 e. The Labute approximate surface area is 147 Å². The maximum Gasteiger partial charge on any atom is 0.416 e. The van der Waals surface area contributed by atoms with Gasteiger partial charge in [-0.3, -0.25) is 0 Å². The van der Waals surface area contributed by atoms with Gasteiger partial charge in [-0.05, 0) is 17.7 Å². The predicted octanol–water partition coefficient (Wildman–Crippen LogP) is 3.70. The molecule has 1 aromatic heterocycles. The Kier molecular flexibility index (Phi) is 5.13. The van der Waals surface area contributed by atoms with E-state index in [4.69, 9.17) is 0 Å². The molecule has 1 heterocycles. The van der Waals surface area contributed by atoms with Crippen molar-refractivity contribution in [3.8, 4) is 11.4 Å². The van der Waals surface area contributed by atoms with E-state index in [2.05, 4.69) is 20.3 Å². The van der Waals surface area contributed by atoms with Crippen LogP contribution < -0.4 is 5.32 Å². The molecule has 26 heavy (non-hydrogen) atoms. The molecule has 2 N–H and O–H groups in total. The third-order valence-electron chi connectivity index (χ3n) is 3.68. The van der Waals surface area contributed by atoms with Gasteiger partial charge in [0.05, 0.1) is 11.7 Å². The van der Waals surface area contributed by atoms with E-state index in [0.29, 0.717) is 5.56 Å². The summed E-state index contributed by atoms with van der Waals surface area (Å²) in [7, 11) is 0. The fourth-order valence-electron chi connectivity index (χ4n) is 2.31. The van der Waals surface area contributed by atoms with Gasteiger partial charge in [0.1, 0.15) is 6.33 Å². The van der Waals surface area contributed by atoms with Crippen molar-refractivity contribution in [2.45, 2.75) is 12.3 Å². The number of benzene rings is 2. The number of nitrogens with zero attached hydrogens (tertiary/aromatic N) is 3. The van der Waals surface area contributed by atoms with E-state index in [0.717, 1.165) is 17.7 Å². The number of aliphatic hydroxyl groups excluding tert-OH is 1. The molecule has 0 amide bonds. The van der Waals surface area contributed by atoms with Gasteiger partial charge in [-0.25, -0.2) is 9.97 Å². The number of anilines is 1. The molecule has 0 saturated heterocycles. The van der Waals surface area contributed by atoms with Crippen LogP contribution >= 0.6 is 0 Å². The molecule has 3 rings (SSSR count). The zero-order valence-corrected chi connectivity index (χ0v) is 13.5. The summed E-state index contributed by atoms with van der Waals surface area (Å²) in [5.41, 5.74) is 0.448. The lowest BCUT2D eigenvalue weighted by Crippen LogP contribution is -2.14. The molecule has 0 fully saturated rings. The molecule has 2 aromatic carbocycles. The van der Waals surface area contributed by atoms with E-state index in [1.165, 1.54) is 18.5 Å². The van der Waals surface area contributed by atoms with Gasteiger partial charge in [0.25, 0.3) is 0 Å². The molecule has 5 nitrogen and oxygen atoms in total. The quantitative estimate of drug-likeness (QED) is 0.726. The molecular formula is C18H15F3N4O. The van der Waals surface area contributed by atoms with E-state index >= 15 is 0 Å². The van der Waals surface area contributed by atoms with Crippen molar-refractivity contribution in [2.75, 3.05) is 11.9 Å². The molecule has 8 heteroatoms. The van der Waals surface area contributed by atoms with Crippen LogP contribution in [-0.2, 0) is 6.18 Å². The Balaban J connectivity index is 1.70. The maximum atomic E-state index is 12.6. The lowest BCUT2D eigenvalue weighted by molar-refractivity contribution is -0.137. The molecule has 0 spiro atoms. The largest absolute Gasteiger partial charge is 0.416 e. The first-order chi connectivity index (χ1) is 12.4. The summed E-state index contributed by atoms with van der Waals surface area (Å²) in [6, 6.07) is 13.7. The lowest BCUT2D eigenvalue weighted by Gasteiger charge is -2.12. The third-order valence-corrected chi connectivity index (χ3v) is 3.68. The molecule has 0 aliphatic rings. The average molecular weight is 360 g/mol. The zero-order valence-electron chi connectivity index (χ0n) is 13.5. The number of hydrogen-bond acceptors (Lipinski definition) is 5. The fourth-order valence-corrected chi connectivity index (χ4v) is 2.31. The first-order valence-electron chi connectivity index (χ1n) is 7.77. The molecule has 0 aliphatic carbocycles. The van der Waals surface area contributed by atoms with Gasteiger partial charge in [-0.15, -0.1) is 0 Å². The van der Waals surface area contributed by atoms with Crippen LogP contribution in [0.1, 0.15) is 17.2 Å². The van der Waals surface area contributed by atoms with E-state index in [9.17, 15) is 18.3 Å². The van der Waals surface area contributed by atoms with E-state index in [1.807, 2.05) is 18.2 Å². The average Bonchev–Trinajstić information content (AvgIpc) is 2.66. The molecule has 0 radical (unpaired) electrons. The van der Waals surface area contributed by atoms with Crippen LogP contribution in [0.4, 0.5) is 19.1 Å². The highest BCUT2D eigenvalue weighted by Gasteiger charge is 2.30. The summed E-state index contributed by atoms with van der Waals surface area (Å²) in [5.74, 6) is 0.468. The van der Waals surface area contributed by atoms with Crippen molar-refractivity contribution in [3.05, 3.63) is 72.1 Å². The van der Waals surface area contributed by atoms with Crippen LogP contribution in [0.2, 0.25) is 0 Å². The summed E-state index contributed by atoms with van der Waals surface area (Å²) >= 11 is 0. The predicted molar refractivity (Wildman–Crippen MR) is 90.2 cm³/mol. The van der Waals surface area contributed by atoms with Crippen molar-refractivity contribution in [1.82, 2.24) is 15.0 Å². The van der Waals surface area contributed by atoms with Crippen LogP contribution in [-0.4, -0.2) is 26.6 Å². The van der Waals surface area contributed by atoms with Crippen molar-refractivity contribution >= 4 is 5.95 Å².